The SMILES string of the molecule is O=C(N=c1sccn1-c1ccc(-c2cccnc2)cc1)N1CCCC1. The fraction of sp³-hybridized carbons (Fsp3) is 0.211. The van der Waals surface area contributed by atoms with E-state index < -0.39 is 0 Å². The zero-order valence-electron chi connectivity index (χ0n) is 13.7. The Balaban J connectivity index is 1.63. The first-order valence-electron chi connectivity index (χ1n) is 8.32. The van der Waals surface area contributed by atoms with Crippen LogP contribution in [0.3, 0.4) is 0 Å². The van der Waals surface area contributed by atoms with Gasteiger partial charge in [0.1, 0.15) is 0 Å². The summed E-state index contributed by atoms with van der Waals surface area (Å²) in [5.74, 6) is 0. The number of carbonyl (C=O) groups is 1. The number of benzene rings is 1. The Bertz CT molecular complexity index is 922. The Hall–Kier alpha value is -2.73. The third-order valence-electron chi connectivity index (χ3n) is 4.30. The van der Waals surface area contributed by atoms with Crippen LogP contribution in [0.1, 0.15) is 12.8 Å². The summed E-state index contributed by atoms with van der Waals surface area (Å²) in [6.45, 7) is 1.63. The molecular formula is C19H18N4OS. The van der Waals surface area contributed by atoms with Gasteiger partial charge in [0.05, 0.1) is 0 Å². The summed E-state index contributed by atoms with van der Waals surface area (Å²) in [5, 5.41) is 1.95. The third-order valence-corrected chi connectivity index (χ3v) is 5.05. The number of likely N-dealkylation sites (tertiary alicyclic amines) is 1. The standard InChI is InChI=1S/C19H18N4OS/c24-18(22-10-1-2-11-22)21-19-23(12-13-25-19)17-7-5-15(6-8-17)16-4-3-9-20-14-16/h3-9,12-14H,1-2,10-11H2. The van der Waals surface area contributed by atoms with Gasteiger partial charge in [0.15, 0.2) is 4.80 Å². The molecule has 1 aliphatic heterocycles. The molecule has 1 fully saturated rings. The van der Waals surface area contributed by atoms with Crippen molar-refractivity contribution in [3.63, 3.8) is 0 Å². The fourth-order valence-corrected chi connectivity index (χ4v) is 3.67. The highest BCUT2D eigenvalue weighted by molar-refractivity contribution is 7.07. The van der Waals surface area contributed by atoms with Gasteiger partial charge in [-0.05, 0) is 42.2 Å². The first-order chi connectivity index (χ1) is 12.3. The van der Waals surface area contributed by atoms with Crippen LogP contribution in [0.4, 0.5) is 4.79 Å². The molecule has 3 heterocycles. The Kier molecular flexibility index (Phi) is 4.43. The van der Waals surface area contributed by atoms with Crippen molar-refractivity contribution in [3.05, 3.63) is 65.2 Å². The molecule has 2 aromatic heterocycles. The number of hydrogen-bond donors (Lipinski definition) is 0. The van der Waals surface area contributed by atoms with E-state index in [1.807, 2.05) is 51.5 Å². The molecule has 2 amide bonds. The van der Waals surface area contributed by atoms with E-state index in [0.29, 0.717) is 4.80 Å². The number of urea groups is 1. The average molecular weight is 350 g/mol. The van der Waals surface area contributed by atoms with Gasteiger partial charge in [-0.2, -0.15) is 4.99 Å². The van der Waals surface area contributed by atoms with Gasteiger partial charge in [-0.15, -0.1) is 11.3 Å². The van der Waals surface area contributed by atoms with Crippen LogP contribution in [0.15, 0.2) is 65.4 Å². The second-order valence-corrected chi connectivity index (χ2v) is 6.81. The van der Waals surface area contributed by atoms with Crippen LogP contribution in [-0.4, -0.2) is 33.6 Å². The first-order valence-corrected chi connectivity index (χ1v) is 9.20. The number of aromatic nitrogens is 2. The molecule has 0 N–H and O–H groups in total. The molecule has 126 valence electrons. The van der Waals surface area contributed by atoms with Crippen LogP contribution in [-0.2, 0) is 0 Å². The molecule has 0 bridgehead atoms. The van der Waals surface area contributed by atoms with Crippen LogP contribution in [0.25, 0.3) is 16.8 Å². The quantitative estimate of drug-likeness (QED) is 0.707. The molecule has 0 aliphatic carbocycles. The minimum Gasteiger partial charge on any atom is -0.323 e. The van der Waals surface area contributed by atoms with Crippen molar-refractivity contribution in [3.8, 4) is 16.8 Å². The van der Waals surface area contributed by atoms with Crippen LogP contribution in [0.2, 0.25) is 0 Å². The van der Waals surface area contributed by atoms with Gasteiger partial charge in [0.2, 0.25) is 0 Å². The van der Waals surface area contributed by atoms with E-state index in [0.717, 1.165) is 42.7 Å². The lowest BCUT2D eigenvalue weighted by molar-refractivity contribution is 0.218. The average Bonchev–Trinajstić information content (AvgIpc) is 3.35. The number of thiazole rings is 1. The molecule has 1 saturated heterocycles. The van der Waals surface area contributed by atoms with Crippen molar-refractivity contribution in [2.45, 2.75) is 12.8 Å². The van der Waals surface area contributed by atoms with Crippen molar-refractivity contribution < 1.29 is 4.79 Å². The number of amides is 2. The minimum absolute atomic E-state index is 0.138. The lowest BCUT2D eigenvalue weighted by atomic mass is 10.1. The summed E-state index contributed by atoms with van der Waals surface area (Å²) in [7, 11) is 0. The molecule has 6 heteroatoms. The van der Waals surface area contributed by atoms with Crippen LogP contribution in [0.5, 0.6) is 0 Å². The Morgan fingerprint density at radius 1 is 1.08 bits per heavy atom. The number of nitrogens with zero attached hydrogens (tertiary/aromatic N) is 4. The maximum Gasteiger partial charge on any atom is 0.346 e. The zero-order chi connectivity index (χ0) is 17.1. The summed E-state index contributed by atoms with van der Waals surface area (Å²) in [6, 6.07) is 12.0. The second kappa shape index (κ2) is 7.03. The highest BCUT2D eigenvalue weighted by Gasteiger charge is 2.17. The largest absolute Gasteiger partial charge is 0.346 e. The minimum atomic E-state index is -0.138. The summed E-state index contributed by atoms with van der Waals surface area (Å²) in [5.41, 5.74) is 3.18. The molecular weight excluding hydrogens is 332 g/mol. The maximum absolute atomic E-state index is 12.3. The van der Waals surface area contributed by atoms with Crippen molar-refractivity contribution in [1.29, 1.82) is 0 Å². The van der Waals surface area contributed by atoms with E-state index in [1.165, 1.54) is 11.3 Å². The van der Waals surface area contributed by atoms with Crippen molar-refractivity contribution >= 4 is 17.4 Å². The Morgan fingerprint density at radius 3 is 2.60 bits per heavy atom. The molecule has 0 saturated carbocycles. The number of carbonyl (C=O) groups excluding carboxylic acids is 1. The van der Waals surface area contributed by atoms with Gasteiger partial charge in [-0.1, -0.05) is 18.2 Å². The van der Waals surface area contributed by atoms with Crippen molar-refractivity contribution in [2.24, 2.45) is 4.99 Å². The van der Waals surface area contributed by atoms with Gasteiger partial charge in [-0.3, -0.25) is 9.55 Å². The summed E-state index contributed by atoms with van der Waals surface area (Å²) in [6.07, 6.45) is 7.70. The van der Waals surface area contributed by atoms with E-state index in [2.05, 4.69) is 22.1 Å². The molecule has 1 aliphatic rings. The molecule has 0 radical (unpaired) electrons. The molecule has 3 aromatic rings. The number of pyridine rings is 1. The summed E-state index contributed by atoms with van der Waals surface area (Å²) in [4.78, 5) is 23.3. The van der Waals surface area contributed by atoms with Gasteiger partial charge in [-0.25, -0.2) is 4.79 Å². The predicted octanol–water partition coefficient (Wildman–Crippen LogP) is 3.72. The van der Waals surface area contributed by atoms with Gasteiger partial charge in [0, 0.05) is 42.7 Å². The molecule has 25 heavy (non-hydrogen) atoms. The van der Waals surface area contributed by atoms with Crippen LogP contribution < -0.4 is 4.80 Å². The van der Waals surface area contributed by atoms with E-state index in [-0.39, 0.29) is 6.03 Å². The summed E-state index contributed by atoms with van der Waals surface area (Å²) >= 11 is 1.47. The molecule has 5 nitrogen and oxygen atoms in total. The summed E-state index contributed by atoms with van der Waals surface area (Å²) < 4.78 is 1.95. The lowest BCUT2D eigenvalue weighted by Gasteiger charge is -2.10. The predicted molar refractivity (Wildman–Crippen MR) is 98.6 cm³/mol. The number of rotatable bonds is 2. The van der Waals surface area contributed by atoms with E-state index in [1.54, 1.807) is 6.20 Å². The fourth-order valence-electron chi connectivity index (χ4n) is 2.96. The van der Waals surface area contributed by atoms with E-state index in [4.69, 9.17) is 0 Å². The van der Waals surface area contributed by atoms with Gasteiger partial charge < -0.3 is 4.90 Å². The third kappa shape index (κ3) is 3.39. The van der Waals surface area contributed by atoms with E-state index in [9.17, 15) is 4.79 Å². The highest BCUT2D eigenvalue weighted by atomic mass is 32.1. The first kappa shape index (κ1) is 15.8. The highest BCUT2D eigenvalue weighted by Crippen LogP contribution is 2.19. The van der Waals surface area contributed by atoms with Gasteiger partial charge in [0.25, 0.3) is 0 Å². The van der Waals surface area contributed by atoms with Crippen molar-refractivity contribution in [1.82, 2.24) is 14.5 Å². The molecule has 1 aromatic carbocycles. The smallest absolute Gasteiger partial charge is 0.323 e. The normalized spacial score (nSPS) is 14.9. The number of hydrogen-bond acceptors (Lipinski definition) is 3. The van der Waals surface area contributed by atoms with Crippen LogP contribution >= 0.6 is 11.3 Å². The monoisotopic (exact) mass is 350 g/mol. The molecule has 4 rings (SSSR count). The van der Waals surface area contributed by atoms with Crippen molar-refractivity contribution in [2.75, 3.05) is 13.1 Å². The van der Waals surface area contributed by atoms with Crippen LogP contribution in [0, 0.1) is 0 Å². The topological polar surface area (TPSA) is 50.5 Å². The Morgan fingerprint density at radius 2 is 1.88 bits per heavy atom. The molecule has 0 unspecified atom stereocenters. The second-order valence-electron chi connectivity index (χ2n) is 5.93. The molecule has 0 atom stereocenters. The van der Waals surface area contributed by atoms with Gasteiger partial charge >= 0.3 is 6.03 Å². The Labute approximate surface area is 149 Å². The van der Waals surface area contributed by atoms with E-state index >= 15 is 0 Å². The zero-order valence-corrected chi connectivity index (χ0v) is 14.5. The lowest BCUT2D eigenvalue weighted by Crippen LogP contribution is -2.27. The molecule has 0 spiro atoms. The maximum atomic E-state index is 12.3.